The van der Waals surface area contributed by atoms with Crippen molar-refractivity contribution in [3.8, 4) is 0 Å². The van der Waals surface area contributed by atoms with Crippen LogP contribution in [0.2, 0.25) is 0 Å². The van der Waals surface area contributed by atoms with Gasteiger partial charge in [0.2, 0.25) is 0 Å². The van der Waals surface area contributed by atoms with Crippen LogP contribution in [0.25, 0.3) is 0 Å². The van der Waals surface area contributed by atoms with E-state index >= 15 is 0 Å². The number of amides is 1. The predicted molar refractivity (Wildman–Crippen MR) is 68.6 cm³/mol. The fraction of sp³-hybridized carbons (Fsp3) is 0.545. The van der Waals surface area contributed by atoms with Crippen molar-refractivity contribution in [1.29, 1.82) is 0 Å². The maximum atomic E-state index is 12.2. The first kappa shape index (κ1) is 13.0. The fourth-order valence-corrected chi connectivity index (χ4v) is 2.76. The lowest BCUT2D eigenvalue weighted by molar-refractivity contribution is -0.380. The molecule has 98 valence electrons. The summed E-state index contributed by atoms with van der Waals surface area (Å²) in [5.74, 6) is 0.120. The van der Waals surface area contributed by atoms with Gasteiger partial charge in [-0.1, -0.05) is 18.3 Å². The SMILES string of the molecule is CC1CN(C(=O)c2csc([N+](=O)[O-])c2)CCC1N. The molecule has 0 aliphatic carbocycles. The zero-order valence-electron chi connectivity index (χ0n) is 10.0. The molecule has 1 amide bonds. The maximum Gasteiger partial charge on any atom is 0.324 e. The second-order valence-electron chi connectivity index (χ2n) is 4.61. The van der Waals surface area contributed by atoms with E-state index in [9.17, 15) is 14.9 Å². The van der Waals surface area contributed by atoms with Gasteiger partial charge in [0.15, 0.2) is 0 Å². The standard InChI is InChI=1S/C11H15N3O3S/c1-7-5-13(3-2-9(7)12)11(15)8-4-10(14(16)17)18-6-8/h4,6-7,9H,2-3,5,12H2,1H3. The molecule has 2 rings (SSSR count). The highest BCUT2D eigenvalue weighted by molar-refractivity contribution is 7.13. The Morgan fingerprint density at radius 1 is 1.67 bits per heavy atom. The molecule has 0 aromatic carbocycles. The number of hydrogen-bond donors (Lipinski definition) is 1. The van der Waals surface area contributed by atoms with E-state index in [0.29, 0.717) is 18.7 Å². The molecule has 1 aromatic rings. The van der Waals surface area contributed by atoms with Gasteiger partial charge >= 0.3 is 5.00 Å². The van der Waals surface area contributed by atoms with E-state index < -0.39 is 4.92 Å². The average Bonchev–Trinajstić information content (AvgIpc) is 2.81. The van der Waals surface area contributed by atoms with E-state index in [1.165, 1.54) is 6.07 Å². The Bertz CT molecular complexity index is 474. The first-order valence-corrected chi connectivity index (χ1v) is 6.64. The van der Waals surface area contributed by atoms with Gasteiger partial charge in [-0.15, -0.1) is 0 Å². The summed E-state index contributed by atoms with van der Waals surface area (Å²) in [7, 11) is 0. The van der Waals surface area contributed by atoms with E-state index in [4.69, 9.17) is 5.73 Å². The molecule has 1 aliphatic heterocycles. The number of rotatable bonds is 2. The van der Waals surface area contributed by atoms with E-state index in [0.717, 1.165) is 17.8 Å². The molecule has 0 spiro atoms. The Balaban J connectivity index is 2.09. The molecule has 18 heavy (non-hydrogen) atoms. The Morgan fingerprint density at radius 3 is 2.94 bits per heavy atom. The van der Waals surface area contributed by atoms with Gasteiger partial charge in [0, 0.05) is 30.6 Å². The van der Waals surface area contributed by atoms with Crippen LogP contribution in [0.15, 0.2) is 11.4 Å². The Kier molecular flexibility index (Phi) is 3.63. The molecule has 1 fully saturated rings. The van der Waals surface area contributed by atoms with E-state index in [-0.39, 0.29) is 22.9 Å². The molecular weight excluding hydrogens is 254 g/mol. The van der Waals surface area contributed by atoms with Crippen LogP contribution in [0.4, 0.5) is 5.00 Å². The van der Waals surface area contributed by atoms with Crippen LogP contribution in [0, 0.1) is 16.0 Å². The van der Waals surface area contributed by atoms with Crippen molar-refractivity contribution in [2.24, 2.45) is 11.7 Å². The molecule has 0 saturated carbocycles. The van der Waals surface area contributed by atoms with Crippen molar-refractivity contribution < 1.29 is 9.72 Å². The number of hydrogen-bond acceptors (Lipinski definition) is 5. The Labute approximate surface area is 109 Å². The minimum absolute atomic E-state index is 0.000101. The molecule has 2 N–H and O–H groups in total. The van der Waals surface area contributed by atoms with E-state index in [1.54, 1.807) is 10.3 Å². The lowest BCUT2D eigenvalue weighted by Gasteiger charge is -2.34. The molecule has 6 nitrogen and oxygen atoms in total. The molecule has 1 aromatic heterocycles. The van der Waals surface area contributed by atoms with Gasteiger partial charge in [-0.05, 0) is 12.3 Å². The van der Waals surface area contributed by atoms with Crippen molar-refractivity contribution in [2.45, 2.75) is 19.4 Å². The van der Waals surface area contributed by atoms with Crippen molar-refractivity contribution in [1.82, 2.24) is 4.90 Å². The first-order chi connectivity index (χ1) is 8.49. The third kappa shape index (κ3) is 2.51. The average molecular weight is 269 g/mol. The van der Waals surface area contributed by atoms with Crippen molar-refractivity contribution >= 4 is 22.2 Å². The highest BCUT2D eigenvalue weighted by Gasteiger charge is 2.28. The Morgan fingerprint density at radius 2 is 2.39 bits per heavy atom. The molecule has 2 heterocycles. The smallest absolute Gasteiger partial charge is 0.324 e. The summed E-state index contributed by atoms with van der Waals surface area (Å²) >= 11 is 0.980. The third-order valence-corrected chi connectivity index (χ3v) is 4.15. The lowest BCUT2D eigenvalue weighted by Crippen LogP contribution is -2.48. The quantitative estimate of drug-likeness (QED) is 0.650. The van der Waals surface area contributed by atoms with Crippen LogP contribution < -0.4 is 5.73 Å². The van der Waals surface area contributed by atoms with Crippen LogP contribution >= 0.6 is 11.3 Å². The number of piperidine rings is 1. The molecule has 2 atom stereocenters. The zero-order valence-corrected chi connectivity index (χ0v) is 10.9. The minimum atomic E-state index is -0.476. The minimum Gasteiger partial charge on any atom is -0.338 e. The summed E-state index contributed by atoms with van der Waals surface area (Å²) in [4.78, 5) is 24.0. The van der Waals surface area contributed by atoms with Crippen molar-refractivity contribution in [3.63, 3.8) is 0 Å². The molecule has 7 heteroatoms. The summed E-state index contributed by atoms with van der Waals surface area (Å²) in [6.45, 7) is 3.25. The van der Waals surface area contributed by atoms with Crippen molar-refractivity contribution in [3.05, 3.63) is 27.1 Å². The molecule has 0 bridgehead atoms. The maximum absolute atomic E-state index is 12.2. The van der Waals surface area contributed by atoms with Gasteiger partial charge in [-0.3, -0.25) is 14.9 Å². The normalized spacial score (nSPS) is 24.0. The van der Waals surface area contributed by atoms with Crippen LogP contribution in [-0.2, 0) is 0 Å². The summed E-state index contributed by atoms with van der Waals surface area (Å²) in [5, 5.41) is 12.1. The predicted octanol–water partition coefficient (Wildman–Crippen LogP) is 1.47. The Hall–Kier alpha value is -1.47. The summed E-state index contributed by atoms with van der Waals surface area (Å²) in [6, 6.07) is 1.47. The molecule has 2 unspecified atom stereocenters. The highest BCUT2D eigenvalue weighted by atomic mass is 32.1. The van der Waals surface area contributed by atoms with Crippen LogP contribution in [-0.4, -0.2) is 34.9 Å². The van der Waals surface area contributed by atoms with Crippen LogP contribution in [0.1, 0.15) is 23.7 Å². The van der Waals surface area contributed by atoms with Gasteiger partial charge in [-0.2, -0.15) is 0 Å². The first-order valence-electron chi connectivity index (χ1n) is 5.77. The molecule has 0 radical (unpaired) electrons. The lowest BCUT2D eigenvalue weighted by atomic mass is 9.94. The van der Waals surface area contributed by atoms with E-state index in [1.807, 2.05) is 6.92 Å². The number of nitrogens with two attached hydrogens (primary N) is 1. The largest absolute Gasteiger partial charge is 0.338 e. The van der Waals surface area contributed by atoms with Gasteiger partial charge in [0.05, 0.1) is 10.5 Å². The topological polar surface area (TPSA) is 89.5 Å². The number of thiophene rings is 1. The summed E-state index contributed by atoms with van der Waals surface area (Å²) in [5.41, 5.74) is 6.30. The van der Waals surface area contributed by atoms with Crippen molar-refractivity contribution in [2.75, 3.05) is 13.1 Å². The van der Waals surface area contributed by atoms with E-state index in [2.05, 4.69) is 0 Å². The second-order valence-corrected chi connectivity index (χ2v) is 5.50. The molecule has 1 saturated heterocycles. The number of nitro groups is 1. The highest BCUT2D eigenvalue weighted by Crippen LogP contribution is 2.25. The number of likely N-dealkylation sites (tertiary alicyclic amines) is 1. The van der Waals surface area contributed by atoms with Gasteiger partial charge in [0.1, 0.15) is 0 Å². The summed E-state index contributed by atoms with van der Waals surface area (Å²) in [6.07, 6.45) is 0.777. The van der Waals surface area contributed by atoms with Gasteiger partial charge < -0.3 is 10.6 Å². The summed E-state index contributed by atoms with van der Waals surface area (Å²) < 4.78 is 0. The molecule has 1 aliphatic rings. The van der Waals surface area contributed by atoms with Gasteiger partial charge in [0.25, 0.3) is 5.91 Å². The third-order valence-electron chi connectivity index (χ3n) is 3.27. The van der Waals surface area contributed by atoms with Crippen LogP contribution in [0.5, 0.6) is 0 Å². The fourth-order valence-electron chi connectivity index (χ4n) is 2.06. The number of carbonyl (C=O) groups excluding carboxylic acids is 1. The second kappa shape index (κ2) is 5.03. The zero-order chi connectivity index (χ0) is 13.3. The monoisotopic (exact) mass is 269 g/mol. The molecular formula is C11H15N3O3S. The van der Waals surface area contributed by atoms with Crippen LogP contribution in [0.3, 0.4) is 0 Å². The number of carbonyl (C=O) groups is 1. The van der Waals surface area contributed by atoms with Gasteiger partial charge in [-0.25, -0.2) is 0 Å². The number of nitrogens with zero attached hydrogens (tertiary/aromatic N) is 2.